The number of carboxylic acids is 1. The SMILES string of the molecule is CC(C)(C)C1CCCC2(CC1)CC(=O)NC2C(=O)O. The van der Waals surface area contributed by atoms with Crippen molar-refractivity contribution in [1.29, 1.82) is 0 Å². The Bertz CT molecular complexity index is 385. The number of hydrogen-bond donors (Lipinski definition) is 2. The van der Waals surface area contributed by atoms with Gasteiger partial charge in [0, 0.05) is 11.8 Å². The minimum Gasteiger partial charge on any atom is -0.480 e. The zero-order valence-electron chi connectivity index (χ0n) is 12.2. The van der Waals surface area contributed by atoms with Crippen molar-refractivity contribution >= 4 is 11.9 Å². The minimum atomic E-state index is -0.875. The molecule has 4 heteroatoms. The second-order valence-electron chi connectivity index (χ2n) is 7.37. The van der Waals surface area contributed by atoms with Crippen LogP contribution in [0, 0.1) is 16.7 Å². The van der Waals surface area contributed by atoms with E-state index in [9.17, 15) is 14.7 Å². The van der Waals surface area contributed by atoms with Crippen LogP contribution in [0.2, 0.25) is 0 Å². The Morgan fingerprint density at radius 2 is 2.00 bits per heavy atom. The summed E-state index contributed by atoms with van der Waals surface area (Å²) in [7, 11) is 0. The largest absolute Gasteiger partial charge is 0.480 e. The Labute approximate surface area is 115 Å². The summed E-state index contributed by atoms with van der Waals surface area (Å²) in [4.78, 5) is 23.0. The van der Waals surface area contributed by atoms with Crippen molar-refractivity contribution in [3.8, 4) is 0 Å². The molecule has 2 aliphatic rings. The van der Waals surface area contributed by atoms with E-state index in [1.165, 1.54) is 0 Å². The molecule has 0 aromatic rings. The van der Waals surface area contributed by atoms with Gasteiger partial charge in [-0.05, 0) is 37.0 Å². The predicted octanol–water partition coefficient (Wildman–Crippen LogP) is 2.57. The summed E-state index contributed by atoms with van der Waals surface area (Å²) < 4.78 is 0. The molecule has 4 nitrogen and oxygen atoms in total. The van der Waals surface area contributed by atoms with Crippen molar-refractivity contribution in [3.63, 3.8) is 0 Å². The van der Waals surface area contributed by atoms with Crippen LogP contribution in [0.3, 0.4) is 0 Å². The number of aliphatic carboxylic acids is 1. The average molecular weight is 267 g/mol. The van der Waals surface area contributed by atoms with Gasteiger partial charge in [0.05, 0.1) is 0 Å². The third kappa shape index (κ3) is 2.77. The molecular formula is C15H25NO3. The van der Waals surface area contributed by atoms with Crippen LogP contribution < -0.4 is 5.32 Å². The minimum absolute atomic E-state index is 0.0957. The summed E-state index contributed by atoms with van der Waals surface area (Å²) in [6, 6.07) is -0.682. The maximum absolute atomic E-state index is 11.6. The summed E-state index contributed by atoms with van der Waals surface area (Å²) >= 11 is 0. The predicted molar refractivity (Wildman–Crippen MR) is 72.6 cm³/mol. The fraction of sp³-hybridized carbons (Fsp3) is 0.867. The van der Waals surface area contributed by atoms with E-state index in [-0.39, 0.29) is 16.7 Å². The Hall–Kier alpha value is -1.06. The van der Waals surface area contributed by atoms with Gasteiger partial charge in [-0.3, -0.25) is 4.79 Å². The van der Waals surface area contributed by atoms with Crippen LogP contribution >= 0.6 is 0 Å². The van der Waals surface area contributed by atoms with Crippen LogP contribution in [0.15, 0.2) is 0 Å². The van der Waals surface area contributed by atoms with Gasteiger partial charge in [-0.15, -0.1) is 0 Å². The van der Waals surface area contributed by atoms with Gasteiger partial charge in [-0.25, -0.2) is 4.79 Å². The number of carbonyl (C=O) groups is 2. The number of rotatable bonds is 1. The first kappa shape index (κ1) is 14.4. The van der Waals surface area contributed by atoms with E-state index in [0.717, 1.165) is 32.1 Å². The normalized spacial score (nSPS) is 36.1. The lowest BCUT2D eigenvalue weighted by Gasteiger charge is -2.32. The van der Waals surface area contributed by atoms with Crippen molar-refractivity contribution in [1.82, 2.24) is 5.32 Å². The number of amides is 1. The second kappa shape index (κ2) is 4.80. The molecule has 19 heavy (non-hydrogen) atoms. The first-order chi connectivity index (χ1) is 8.74. The lowest BCUT2D eigenvalue weighted by molar-refractivity contribution is -0.142. The molecule has 2 fully saturated rings. The quantitative estimate of drug-likeness (QED) is 0.767. The van der Waals surface area contributed by atoms with Gasteiger partial charge in [-0.2, -0.15) is 0 Å². The summed E-state index contributed by atoms with van der Waals surface area (Å²) in [5.41, 5.74) is -0.0802. The number of carboxylic acid groups (broad SMARTS) is 1. The van der Waals surface area contributed by atoms with Crippen molar-refractivity contribution in [2.45, 2.75) is 65.3 Å². The van der Waals surface area contributed by atoms with Gasteiger partial charge in [0.2, 0.25) is 5.91 Å². The van der Waals surface area contributed by atoms with Crippen LogP contribution in [0.1, 0.15) is 59.3 Å². The standard InChI is InChI=1S/C15H25NO3/c1-14(2,3)10-5-4-7-15(8-6-10)9-11(17)16-12(15)13(18)19/h10,12H,4-9H2,1-3H3,(H,16,17)(H,18,19). The summed E-state index contributed by atoms with van der Waals surface area (Å²) in [6.45, 7) is 6.76. The van der Waals surface area contributed by atoms with E-state index in [1.807, 2.05) is 0 Å². The van der Waals surface area contributed by atoms with E-state index >= 15 is 0 Å². The lowest BCUT2D eigenvalue weighted by Crippen LogP contribution is -2.43. The highest BCUT2D eigenvalue weighted by Gasteiger charge is 2.51. The van der Waals surface area contributed by atoms with Crippen LogP contribution in [-0.4, -0.2) is 23.0 Å². The maximum atomic E-state index is 11.6. The maximum Gasteiger partial charge on any atom is 0.326 e. The van der Waals surface area contributed by atoms with Gasteiger partial charge in [0.15, 0.2) is 0 Å². The third-order valence-electron chi connectivity index (χ3n) is 5.12. The first-order valence-electron chi connectivity index (χ1n) is 7.27. The van der Waals surface area contributed by atoms with Crippen LogP contribution in [0.25, 0.3) is 0 Å². The molecule has 2 rings (SSSR count). The Kier molecular flexibility index (Phi) is 3.63. The Morgan fingerprint density at radius 3 is 2.58 bits per heavy atom. The van der Waals surface area contributed by atoms with E-state index in [2.05, 4.69) is 26.1 Å². The van der Waals surface area contributed by atoms with Gasteiger partial charge in [0.1, 0.15) is 6.04 Å². The molecule has 0 aromatic heterocycles. The Morgan fingerprint density at radius 1 is 1.32 bits per heavy atom. The fourth-order valence-corrected chi connectivity index (χ4v) is 3.87. The van der Waals surface area contributed by atoms with E-state index in [4.69, 9.17) is 0 Å². The highest BCUT2D eigenvalue weighted by atomic mass is 16.4. The van der Waals surface area contributed by atoms with Crippen molar-refractivity contribution in [3.05, 3.63) is 0 Å². The molecule has 1 saturated heterocycles. The topological polar surface area (TPSA) is 66.4 Å². The summed E-state index contributed by atoms with van der Waals surface area (Å²) in [6.07, 6.45) is 5.30. The van der Waals surface area contributed by atoms with E-state index in [1.54, 1.807) is 0 Å². The number of carbonyl (C=O) groups excluding carboxylic acids is 1. The van der Waals surface area contributed by atoms with Crippen molar-refractivity contribution < 1.29 is 14.7 Å². The van der Waals surface area contributed by atoms with Gasteiger partial charge < -0.3 is 10.4 Å². The van der Waals surface area contributed by atoms with Gasteiger partial charge in [-0.1, -0.05) is 27.2 Å². The van der Waals surface area contributed by atoms with E-state index in [0.29, 0.717) is 12.3 Å². The molecular weight excluding hydrogens is 242 g/mol. The summed E-state index contributed by atoms with van der Waals surface area (Å²) in [5, 5.41) is 12.0. The first-order valence-corrected chi connectivity index (χ1v) is 7.27. The molecule has 0 bridgehead atoms. The van der Waals surface area contributed by atoms with Crippen LogP contribution in [0.5, 0.6) is 0 Å². The highest BCUT2D eigenvalue weighted by molar-refractivity contribution is 5.89. The molecule has 0 radical (unpaired) electrons. The van der Waals surface area contributed by atoms with Crippen LogP contribution in [-0.2, 0) is 9.59 Å². The Balaban J connectivity index is 2.17. The van der Waals surface area contributed by atoms with Crippen molar-refractivity contribution in [2.24, 2.45) is 16.7 Å². The highest BCUT2D eigenvalue weighted by Crippen LogP contribution is 2.48. The molecule has 1 aliphatic carbocycles. The molecule has 2 N–H and O–H groups in total. The van der Waals surface area contributed by atoms with Crippen LogP contribution in [0.4, 0.5) is 0 Å². The molecule has 108 valence electrons. The molecule has 3 atom stereocenters. The zero-order chi connectivity index (χ0) is 14.3. The molecule has 1 amide bonds. The number of hydrogen-bond acceptors (Lipinski definition) is 2. The van der Waals surface area contributed by atoms with Gasteiger partial charge in [0.25, 0.3) is 0 Å². The molecule has 3 unspecified atom stereocenters. The second-order valence-corrected chi connectivity index (χ2v) is 7.37. The number of nitrogens with one attached hydrogen (secondary N) is 1. The zero-order valence-corrected chi connectivity index (χ0v) is 12.2. The molecule has 1 spiro atoms. The van der Waals surface area contributed by atoms with Gasteiger partial charge >= 0.3 is 5.97 Å². The molecule has 1 heterocycles. The lowest BCUT2D eigenvalue weighted by atomic mass is 9.72. The molecule has 0 aromatic carbocycles. The monoisotopic (exact) mass is 267 g/mol. The van der Waals surface area contributed by atoms with Crippen molar-refractivity contribution in [2.75, 3.05) is 0 Å². The smallest absolute Gasteiger partial charge is 0.326 e. The fourth-order valence-electron chi connectivity index (χ4n) is 3.87. The average Bonchev–Trinajstić information content (AvgIpc) is 2.45. The molecule has 1 saturated carbocycles. The third-order valence-corrected chi connectivity index (χ3v) is 5.12. The molecule has 1 aliphatic heterocycles. The summed E-state index contributed by atoms with van der Waals surface area (Å²) in [5.74, 6) is -0.348. The van der Waals surface area contributed by atoms with E-state index < -0.39 is 12.0 Å².